The Morgan fingerprint density at radius 3 is 2.21 bits per heavy atom. The molecule has 1 unspecified atom stereocenters. The second-order valence-electron chi connectivity index (χ2n) is 18.0. The van der Waals surface area contributed by atoms with Gasteiger partial charge < -0.3 is 69.7 Å². The molecule has 16 heteroatoms. The molecule has 328 valence electrons. The molecular formula is C40H75N3O13. The van der Waals surface area contributed by atoms with Gasteiger partial charge in [0.2, 0.25) is 0 Å². The van der Waals surface area contributed by atoms with Crippen LogP contribution in [-0.2, 0) is 38.0 Å². The Bertz CT molecular complexity index is 1260. The third-order valence-electron chi connectivity index (χ3n) is 13.2. The first-order valence-corrected chi connectivity index (χ1v) is 20.7. The average Bonchev–Trinajstić information content (AvgIpc) is 3.13. The molecule has 56 heavy (non-hydrogen) atoms. The maximum atomic E-state index is 14.3. The highest BCUT2D eigenvalue weighted by Gasteiger charge is 2.59. The zero-order chi connectivity index (χ0) is 42.0. The summed E-state index contributed by atoms with van der Waals surface area (Å²) in [6.07, 6.45) is -8.21. The summed E-state index contributed by atoms with van der Waals surface area (Å²) in [5, 5.41) is 62.3. The predicted molar refractivity (Wildman–Crippen MR) is 206 cm³/mol. The zero-order valence-electron chi connectivity index (χ0n) is 35.7. The van der Waals surface area contributed by atoms with Gasteiger partial charge in [0.1, 0.15) is 29.0 Å². The van der Waals surface area contributed by atoms with Crippen molar-refractivity contribution in [3.05, 3.63) is 0 Å². The quantitative estimate of drug-likeness (QED) is 0.167. The second-order valence-corrected chi connectivity index (χ2v) is 18.0. The highest BCUT2D eigenvalue weighted by Crippen LogP contribution is 2.43. The molecular weight excluding hydrogens is 730 g/mol. The van der Waals surface area contributed by atoms with E-state index in [0.29, 0.717) is 32.7 Å². The second kappa shape index (κ2) is 19.1. The standard InChI is InChI=1S/C40H75N3O13/c1-12-29-39(10,48)33(45)22(2)20-42-23(3)18-37(8,47)34(56-36-31(44)28(41)17-24(4)52-36)25(5)32(26(6)35(46)54-29)55-30-19-38(9,50-11)40(49,27(7)53-30)21-43-13-15-51-16-14-43/h22-34,36,42,44-45,47-49H,12-21,41H2,1-11H3/t22-,23-,24-,25-,26-,27+,28+,29+,30?,31-,32-,33+,34-,36+,37-,38-,39-,40+/m1/s1. The SMILES string of the molecule is CC[C@@H]1OC(=O)[C@H](C)[C@H](OC2C[C@@](C)(OC)[C@](O)(CN3CCOCC3)[C@H](C)O2)[C@@H](C)[C@@H](O[C@@H]2O[C@H](C)C[C@H](N)[C@H]2O)[C@](C)(O)C[C@@H](C)NC[C@@H](C)[C@H](O)[C@]1(C)O. The summed E-state index contributed by atoms with van der Waals surface area (Å²) in [7, 11) is 1.54. The number of nitrogens with two attached hydrogens (primary N) is 1. The van der Waals surface area contributed by atoms with E-state index in [0.717, 1.165) is 0 Å². The lowest BCUT2D eigenvalue weighted by molar-refractivity contribution is -0.339. The number of hydrogen-bond acceptors (Lipinski definition) is 16. The van der Waals surface area contributed by atoms with E-state index in [1.165, 1.54) is 14.0 Å². The first-order valence-electron chi connectivity index (χ1n) is 20.7. The molecule has 0 aromatic rings. The summed E-state index contributed by atoms with van der Waals surface area (Å²) in [6, 6.07) is -0.961. The summed E-state index contributed by atoms with van der Waals surface area (Å²) in [4.78, 5) is 16.4. The molecule has 4 aliphatic heterocycles. The average molecular weight is 806 g/mol. The molecule has 0 aliphatic carbocycles. The smallest absolute Gasteiger partial charge is 0.311 e. The normalized spacial score (nSPS) is 49.8. The van der Waals surface area contributed by atoms with Crippen LogP contribution in [0.1, 0.15) is 94.9 Å². The Morgan fingerprint density at radius 2 is 1.61 bits per heavy atom. The van der Waals surface area contributed by atoms with Crippen LogP contribution in [0.2, 0.25) is 0 Å². The minimum absolute atomic E-state index is 0.0791. The van der Waals surface area contributed by atoms with E-state index in [-0.39, 0.29) is 44.5 Å². The van der Waals surface area contributed by atoms with Gasteiger partial charge in [-0.05, 0) is 73.6 Å². The molecule has 0 aromatic heterocycles. The molecule has 4 fully saturated rings. The minimum Gasteiger partial charge on any atom is -0.459 e. The molecule has 4 saturated heterocycles. The van der Waals surface area contributed by atoms with E-state index < -0.39 is 101 Å². The predicted octanol–water partition coefficient (Wildman–Crippen LogP) is 0.658. The molecule has 0 saturated carbocycles. The van der Waals surface area contributed by atoms with Gasteiger partial charge in [0.15, 0.2) is 12.6 Å². The van der Waals surface area contributed by atoms with Crippen LogP contribution in [0.15, 0.2) is 0 Å². The molecule has 0 bridgehead atoms. The first-order chi connectivity index (χ1) is 26.0. The summed E-state index contributed by atoms with van der Waals surface area (Å²) in [5.74, 6) is -3.03. The lowest BCUT2D eigenvalue weighted by atomic mass is 9.75. The number of morpholine rings is 1. The molecule has 0 spiro atoms. The third-order valence-corrected chi connectivity index (χ3v) is 13.2. The van der Waals surface area contributed by atoms with Gasteiger partial charge in [-0.25, -0.2) is 0 Å². The summed E-state index contributed by atoms with van der Waals surface area (Å²) < 4.78 is 43.6. The number of cyclic esters (lactones) is 1. The van der Waals surface area contributed by atoms with Crippen molar-refractivity contribution in [2.45, 2.75) is 185 Å². The maximum Gasteiger partial charge on any atom is 0.311 e. The van der Waals surface area contributed by atoms with Crippen molar-refractivity contribution in [1.82, 2.24) is 10.2 Å². The van der Waals surface area contributed by atoms with Crippen LogP contribution in [0.3, 0.4) is 0 Å². The van der Waals surface area contributed by atoms with Crippen molar-refractivity contribution >= 4 is 5.97 Å². The van der Waals surface area contributed by atoms with Gasteiger partial charge >= 0.3 is 5.97 Å². The molecule has 8 N–H and O–H groups in total. The van der Waals surface area contributed by atoms with E-state index in [2.05, 4.69) is 10.2 Å². The Labute approximate surface area is 334 Å². The number of nitrogens with one attached hydrogen (secondary N) is 1. The molecule has 16 nitrogen and oxygen atoms in total. The highest BCUT2D eigenvalue weighted by atomic mass is 16.7. The number of carbonyl (C=O) groups is 1. The van der Waals surface area contributed by atoms with Crippen LogP contribution in [0, 0.1) is 17.8 Å². The van der Waals surface area contributed by atoms with Crippen molar-refractivity contribution < 1.29 is 63.5 Å². The van der Waals surface area contributed by atoms with Crippen molar-refractivity contribution in [1.29, 1.82) is 0 Å². The van der Waals surface area contributed by atoms with E-state index in [4.69, 9.17) is 38.9 Å². The molecule has 0 amide bonds. The van der Waals surface area contributed by atoms with Crippen LogP contribution in [0.25, 0.3) is 0 Å². The van der Waals surface area contributed by atoms with Crippen molar-refractivity contribution in [2.75, 3.05) is 46.5 Å². The van der Waals surface area contributed by atoms with Gasteiger partial charge in [-0.2, -0.15) is 0 Å². The summed E-state index contributed by atoms with van der Waals surface area (Å²) in [6.45, 7) is 20.3. The van der Waals surface area contributed by atoms with Crippen LogP contribution in [-0.4, -0.2) is 173 Å². The first kappa shape index (κ1) is 47.6. The number of aliphatic hydroxyl groups excluding tert-OH is 2. The number of ether oxygens (including phenoxy) is 7. The largest absolute Gasteiger partial charge is 0.459 e. The topological polar surface area (TPSA) is 224 Å². The zero-order valence-corrected chi connectivity index (χ0v) is 35.7. The van der Waals surface area contributed by atoms with Gasteiger partial charge in [0, 0.05) is 57.7 Å². The molecule has 4 heterocycles. The Balaban J connectivity index is 1.77. The Kier molecular flexibility index (Phi) is 16.2. The van der Waals surface area contributed by atoms with E-state index in [1.807, 2.05) is 20.8 Å². The molecule has 4 rings (SSSR count). The van der Waals surface area contributed by atoms with Crippen LogP contribution in [0.4, 0.5) is 0 Å². The van der Waals surface area contributed by atoms with Gasteiger partial charge in [0.25, 0.3) is 0 Å². The fraction of sp³-hybridized carbons (Fsp3) is 0.975. The number of hydrogen-bond donors (Lipinski definition) is 7. The van der Waals surface area contributed by atoms with Crippen molar-refractivity contribution in [3.8, 4) is 0 Å². The molecule has 0 radical (unpaired) electrons. The Hall–Kier alpha value is -1.09. The highest BCUT2D eigenvalue weighted by molar-refractivity contribution is 5.73. The van der Waals surface area contributed by atoms with E-state index in [9.17, 15) is 30.3 Å². The number of aliphatic hydroxyl groups is 5. The number of methoxy groups -OCH3 is 1. The number of esters is 1. The van der Waals surface area contributed by atoms with Gasteiger partial charge in [-0.3, -0.25) is 9.69 Å². The van der Waals surface area contributed by atoms with Crippen LogP contribution >= 0.6 is 0 Å². The lowest BCUT2D eigenvalue weighted by Crippen LogP contribution is -2.70. The van der Waals surface area contributed by atoms with Crippen molar-refractivity contribution in [2.24, 2.45) is 23.5 Å². The van der Waals surface area contributed by atoms with Crippen LogP contribution in [0.5, 0.6) is 0 Å². The molecule has 18 atom stereocenters. The molecule has 4 aliphatic rings. The number of carbonyl (C=O) groups excluding carboxylic acids is 1. The third kappa shape index (κ3) is 10.4. The maximum absolute atomic E-state index is 14.3. The van der Waals surface area contributed by atoms with Gasteiger partial charge in [-0.1, -0.05) is 20.8 Å². The van der Waals surface area contributed by atoms with Crippen LogP contribution < -0.4 is 11.1 Å². The monoisotopic (exact) mass is 806 g/mol. The van der Waals surface area contributed by atoms with Crippen molar-refractivity contribution in [3.63, 3.8) is 0 Å². The summed E-state index contributed by atoms with van der Waals surface area (Å²) >= 11 is 0. The number of nitrogens with zero attached hydrogens (tertiary/aromatic N) is 1. The Morgan fingerprint density at radius 1 is 0.964 bits per heavy atom. The van der Waals surface area contributed by atoms with Gasteiger partial charge in [-0.15, -0.1) is 0 Å². The summed E-state index contributed by atoms with van der Waals surface area (Å²) in [5.41, 5.74) is 0.277. The fourth-order valence-electron chi connectivity index (χ4n) is 9.35. The fourth-order valence-corrected chi connectivity index (χ4v) is 9.35. The van der Waals surface area contributed by atoms with E-state index >= 15 is 0 Å². The van der Waals surface area contributed by atoms with Gasteiger partial charge in [0.05, 0.1) is 55.3 Å². The minimum atomic E-state index is -1.80. The number of β-amino-alcohol motifs (C(OH)–C–C–N with tert-alkyl or cyclic N) is 1. The van der Waals surface area contributed by atoms with E-state index in [1.54, 1.807) is 41.5 Å². The lowest BCUT2D eigenvalue weighted by Gasteiger charge is -2.55. The number of rotatable bonds is 8. The molecule has 0 aromatic carbocycles.